The predicted molar refractivity (Wildman–Crippen MR) is 256 cm³/mol. The van der Waals surface area contributed by atoms with Crippen LogP contribution in [0, 0.1) is 0 Å². The number of nitrogens with one attached hydrogen (secondary N) is 1. The molecule has 0 aliphatic rings. The summed E-state index contributed by atoms with van der Waals surface area (Å²) in [5.41, 5.74) is 0.142. The summed E-state index contributed by atoms with van der Waals surface area (Å²) in [6.07, 6.45) is 69.2. The standard InChI is InChI=1S/C54H71NO5/c1-3-5-7-9-11-13-15-17-19-21-23-24-25-27-28-30-32-34-36-38-40-42-44-52(56)55-49-46-47-51(50(48-49)54(58)59)60-53(57)45-43-41-39-37-35-33-31-29-26-22-20-18-16-14-12-10-8-6-4-2/h5-8,11-14,17-20,23-24,26-29,32-35,38-41,46-48H,3-4,9-10,15-16,21-22,25,30-31,36-37,42-45H2,1-2H3,(H,55,56)(H,58,59). The summed E-state index contributed by atoms with van der Waals surface area (Å²) >= 11 is 0. The molecular formula is C54H71NO5. The molecule has 1 aromatic rings. The van der Waals surface area contributed by atoms with Crippen molar-refractivity contribution in [3.05, 3.63) is 182 Å². The first-order chi connectivity index (χ1) is 29.5. The number of aromatic carboxylic acids is 1. The Morgan fingerprint density at radius 1 is 0.467 bits per heavy atom. The number of carbonyl (C=O) groups is 3. The zero-order chi connectivity index (χ0) is 43.4. The molecule has 0 aliphatic heterocycles. The third-order valence-electron chi connectivity index (χ3n) is 8.40. The highest BCUT2D eigenvalue weighted by atomic mass is 16.5. The topological polar surface area (TPSA) is 92.7 Å². The van der Waals surface area contributed by atoms with Crippen LogP contribution in [0.25, 0.3) is 0 Å². The lowest BCUT2D eigenvalue weighted by atomic mass is 10.1. The number of rotatable bonds is 33. The zero-order valence-corrected chi connectivity index (χ0v) is 36.3. The normalized spacial score (nSPS) is 13.0. The summed E-state index contributed by atoms with van der Waals surface area (Å²) in [5.74, 6) is -2.05. The second kappa shape index (κ2) is 40.0. The smallest absolute Gasteiger partial charge is 0.339 e. The van der Waals surface area contributed by atoms with Crippen molar-refractivity contribution in [1.29, 1.82) is 0 Å². The van der Waals surface area contributed by atoms with E-state index in [0.29, 0.717) is 18.5 Å². The summed E-state index contributed by atoms with van der Waals surface area (Å²) in [5, 5.41) is 12.5. The Morgan fingerprint density at radius 2 is 0.783 bits per heavy atom. The summed E-state index contributed by atoms with van der Waals surface area (Å²) in [7, 11) is 0. The molecule has 60 heavy (non-hydrogen) atoms. The molecule has 1 amide bonds. The molecule has 1 rings (SSSR count). The van der Waals surface area contributed by atoms with Crippen LogP contribution in [0.5, 0.6) is 5.75 Å². The van der Waals surface area contributed by atoms with E-state index in [1.54, 1.807) is 0 Å². The Labute approximate surface area is 362 Å². The van der Waals surface area contributed by atoms with Crippen LogP contribution in [0.3, 0.4) is 0 Å². The first-order valence-corrected chi connectivity index (χ1v) is 21.8. The van der Waals surface area contributed by atoms with Crippen LogP contribution in [-0.4, -0.2) is 23.0 Å². The number of carboxylic acids is 1. The van der Waals surface area contributed by atoms with E-state index < -0.39 is 11.9 Å². The minimum absolute atomic E-state index is 0.0504. The molecule has 0 radical (unpaired) electrons. The summed E-state index contributed by atoms with van der Waals surface area (Å²) < 4.78 is 5.36. The van der Waals surface area contributed by atoms with E-state index in [0.717, 1.165) is 83.5 Å². The van der Waals surface area contributed by atoms with Gasteiger partial charge >= 0.3 is 11.9 Å². The lowest BCUT2D eigenvalue weighted by Crippen LogP contribution is -2.13. The number of carbonyl (C=O) groups excluding carboxylic acids is 2. The molecule has 0 heterocycles. The number of allylic oxidation sites excluding steroid dienone is 26. The van der Waals surface area contributed by atoms with Crippen LogP contribution in [0.2, 0.25) is 0 Å². The number of hydrogen-bond acceptors (Lipinski definition) is 4. The highest BCUT2D eigenvalue weighted by Gasteiger charge is 2.16. The van der Waals surface area contributed by atoms with Gasteiger partial charge in [0.2, 0.25) is 5.91 Å². The van der Waals surface area contributed by atoms with Gasteiger partial charge in [-0.25, -0.2) is 4.79 Å². The first kappa shape index (κ1) is 52.3. The monoisotopic (exact) mass is 814 g/mol. The Kier molecular flexibility index (Phi) is 34.9. The van der Waals surface area contributed by atoms with Gasteiger partial charge in [-0.2, -0.15) is 0 Å². The third kappa shape index (κ3) is 33.2. The number of benzene rings is 1. The molecule has 0 spiro atoms. The van der Waals surface area contributed by atoms with Gasteiger partial charge in [-0.15, -0.1) is 0 Å². The maximum absolute atomic E-state index is 12.5. The number of carboxylic acid groups (broad SMARTS) is 1. The minimum Gasteiger partial charge on any atom is -0.478 e. The average molecular weight is 814 g/mol. The minimum atomic E-state index is -1.25. The van der Waals surface area contributed by atoms with Gasteiger partial charge in [-0.05, 0) is 115 Å². The maximum Gasteiger partial charge on any atom is 0.339 e. The van der Waals surface area contributed by atoms with Gasteiger partial charge in [0.05, 0.1) is 0 Å². The average Bonchev–Trinajstić information content (AvgIpc) is 3.24. The van der Waals surface area contributed by atoms with Gasteiger partial charge in [0.25, 0.3) is 0 Å². The van der Waals surface area contributed by atoms with Gasteiger partial charge in [0.1, 0.15) is 11.3 Å². The molecule has 0 fully saturated rings. The number of amides is 1. The van der Waals surface area contributed by atoms with Crippen molar-refractivity contribution < 1.29 is 24.2 Å². The van der Waals surface area contributed by atoms with E-state index in [9.17, 15) is 19.5 Å². The summed E-state index contributed by atoms with van der Waals surface area (Å²) in [4.78, 5) is 36.8. The Bertz CT molecular complexity index is 1720. The van der Waals surface area contributed by atoms with Crippen molar-refractivity contribution in [3.8, 4) is 5.75 Å². The second-order valence-corrected chi connectivity index (χ2v) is 13.7. The summed E-state index contributed by atoms with van der Waals surface area (Å²) in [6, 6.07) is 4.25. The number of ether oxygens (including phenoxy) is 1. The molecule has 0 aromatic heterocycles. The molecule has 6 nitrogen and oxygen atoms in total. The van der Waals surface area contributed by atoms with Crippen molar-refractivity contribution in [3.63, 3.8) is 0 Å². The van der Waals surface area contributed by atoms with Crippen molar-refractivity contribution >= 4 is 23.5 Å². The highest BCUT2D eigenvalue weighted by Crippen LogP contribution is 2.24. The fourth-order valence-electron chi connectivity index (χ4n) is 5.23. The lowest BCUT2D eigenvalue weighted by Gasteiger charge is -2.10. The molecule has 1 aromatic carbocycles. The van der Waals surface area contributed by atoms with Crippen LogP contribution in [0.15, 0.2) is 176 Å². The number of anilines is 1. The Morgan fingerprint density at radius 3 is 1.12 bits per heavy atom. The summed E-state index contributed by atoms with van der Waals surface area (Å²) in [6.45, 7) is 4.28. The zero-order valence-electron chi connectivity index (χ0n) is 36.3. The molecular weight excluding hydrogens is 743 g/mol. The van der Waals surface area contributed by atoms with Crippen LogP contribution in [-0.2, 0) is 9.59 Å². The highest BCUT2D eigenvalue weighted by molar-refractivity contribution is 5.96. The molecule has 0 bridgehead atoms. The SMILES string of the molecule is CCC=CCC=CCC=CCC=CCC=CCC=CCC=CCCC(=O)Nc1ccc(OC(=O)CCC=CCC=CCC=CCC=CCC=CCC=CCC)c(C(=O)O)c1. The number of hydrogen-bond donors (Lipinski definition) is 2. The third-order valence-corrected chi connectivity index (χ3v) is 8.40. The van der Waals surface area contributed by atoms with Crippen molar-refractivity contribution in [2.45, 2.75) is 123 Å². The van der Waals surface area contributed by atoms with E-state index >= 15 is 0 Å². The van der Waals surface area contributed by atoms with Crippen LogP contribution < -0.4 is 10.1 Å². The van der Waals surface area contributed by atoms with E-state index in [1.807, 2.05) is 24.3 Å². The molecule has 0 saturated heterocycles. The Balaban J connectivity index is 2.24. The van der Waals surface area contributed by atoms with Gasteiger partial charge < -0.3 is 15.2 Å². The molecule has 322 valence electrons. The van der Waals surface area contributed by atoms with Crippen LogP contribution in [0.1, 0.15) is 133 Å². The van der Waals surface area contributed by atoms with Crippen molar-refractivity contribution in [2.24, 2.45) is 0 Å². The lowest BCUT2D eigenvalue weighted by molar-refractivity contribution is -0.134. The fraction of sp³-hybridized carbons (Fsp3) is 0.352. The molecule has 2 N–H and O–H groups in total. The van der Waals surface area contributed by atoms with Gasteiger partial charge in [0.15, 0.2) is 0 Å². The van der Waals surface area contributed by atoms with E-state index in [4.69, 9.17) is 4.74 Å². The molecule has 0 unspecified atom stereocenters. The molecule has 0 atom stereocenters. The molecule has 0 aliphatic carbocycles. The quantitative estimate of drug-likeness (QED) is 0.0419. The molecule has 6 heteroatoms. The second-order valence-electron chi connectivity index (χ2n) is 13.7. The van der Waals surface area contributed by atoms with Crippen LogP contribution in [0.4, 0.5) is 5.69 Å². The van der Waals surface area contributed by atoms with Crippen LogP contribution >= 0.6 is 0 Å². The number of esters is 1. The van der Waals surface area contributed by atoms with Crippen molar-refractivity contribution in [1.82, 2.24) is 0 Å². The van der Waals surface area contributed by atoms with E-state index in [-0.39, 0.29) is 30.1 Å². The van der Waals surface area contributed by atoms with Gasteiger partial charge in [-0.3, -0.25) is 9.59 Å². The fourth-order valence-corrected chi connectivity index (χ4v) is 5.23. The largest absolute Gasteiger partial charge is 0.478 e. The van der Waals surface area contributed by atoms with Crippen molar-refractivity contribution in [2.75, 3.05) is 5.32 Å². The Hall–Kier alpha value is -5.75. The van der Waals surface area contributed by atoms with Gasteiger partial charge in [-0.1, -0.05) is 172 Å². The van der Waals surface area contributed by atoms with Gasteiger partial charge in [0, 0.05) is 18.5 Å². The van der Waals surface area contributed by atoms with E-state index in [1.165, 1.54) is 18.2 Å². The maximum atomic E-state index is 12.5. The van der Waals surface area contributed by atoms with E-state index in [2.05, 4.69) is 153 Å². The predicted octanol–water partition coefficient (Wildman–Crippen LogP) is 15.1. The molecule has 0 saturated carbocycles. The first-order valence-electron chi connectivity index (χ1n) is 21.8.